The molecule has 2 aromatic rings. The Hall–Kier alpha value is -2.77. The highest BCUT2D eigenvalue weighted by Crippen LogP contribution is 2.21. The smallest absolute Gasteiger partial charge is 0.331 e. The topological polar surface area (TPSA) is 80.8 Å². The van der Waals surface area contributed by atoms with Gasteiger partial charge in [-0.2, -0.15) is 4.31 Å². The maximum atomic E-state index is 12.5. The van der Waals surface area contributed by atoms with Crippen molar-refractivity contribution in [3.05, 3.63) is 71.3 Å². The number of carbonyl (C=O) groups is 2. The summed E-state index contributed by atoms with van der Waals surface area (Å²) in [6.45, 7) is 2.57. The fourth-order valence-corrected chi connectivity index (χ4v) is 4.61. The van der Waals surface area contributed by atoms with Gasteiger partial charge in [0.05, 0.1) is 4.90 Å². The van der Waals surface area contributed by atoms with E-state index in [4.69, 9.17) is 4.74 Å². The zero-order chi connectivity index (χ0) is 20.9. The molecule has 0 amide bonds. The number of hydrogen-bond donors (Lipinski definition) is 0. The van der Waals surface area contributed by atoms with Crippen molar-refractivity contribution < 1.29 is 22.7 Å². The van der Waals surface area contributed by atoms with Crippen LogP contribution < -0.4 is 0 Å². The molecule has 1 aliphatic heterocycles. The average molecular weight is 413 g/mol. The molecule has 0 spiro atoms. The second-order valence-electron chi connectivity index (χ2n) is 6.86. The van der Waals surface area contributed by atoms with E-state index in [2.05, 4.69) is 0 Å². The van der Waals surface area contributed by atoms with Gasteiger partial charge in [0.15, 0.2) is 12.4 Å². The first kappa shape index (κ1) is 21.0. The van der Waals surface area contributed by atoms with Crippen LogP contribution in [-0.4, -0.2) is 44.2 Å². The van der Waals surface area contributed by atoms with Crippen LogP contribution in [0.25, 0.3) is 6.08 Å². The first-order valence-electron chi connectivity index (χ1n) is 9.42. The Morgan fingerprint density at radius 1 is 1.03 bits per heavy atom. The minimum Gasteiger partial charge on any atom is -0.454 e. The summed E-state index contributed by atoms with van der Waals surface area (Å²) < 4.78 is 31.5. The Bertz CT molecular complexity index is 1020. The second-order valence-corrected chi connectivity index (χ2v) is 8.79. The lowest BCUT2D eigenvalue weighted by Gasteiger charge is -2.15. The Morgan fingerprint density at radius 3 is 2.34 bits per heavy atom. The Balaban J connectivity index is 1.57. The van der Waals surface area contributed by atoms with Crippen molar-refractivity contribution in [2.45, 2.75) is 24.7 Å². The molecule has 0 aromatic heterocycles. The highest BCUT2D eigenvalue weighted by Gasteiger charge is 2.27. The molecule has 0 aliphatic carbocycles. The second kappa shape index (κ2) is 9.15. The zero-order valence-corrected chi connectivity index (χ0v) is 17.0. The number of nitrogens with zero attached hydrogens (tertiary/aromatic N) is 1. The predicted octanol–water partition coefficient (Wildman–Crippen LogP) is 3.22. The zero-order valence-electron chi connectivity index (χ0n) is 16.2. The molecule has 7 heteroatoms. The monoisotopic (exact) mass is 413 g/mol. The van der Waals surface area contributed by atoms with E-state index in [1.807, 2.05) is 31.2 Å². The first-order valence-corrected chi connectivity index (χ1v) is 10.9. The number of hydrogen-bond acceptors (Lipinski definition) is 5. The van der Waals surface area contributed by atoms with E-state index in [1.54, 1.807) is 6.08 Å². The minimum atomic E-state index is -3.52. The van der Waals surface area contributed by atoms with E-state index in [1.165, 1.54) is 34.6 Å². The number of ketones is 1. The molecule has 1 saturated heterocycles. The molecule has 0 bridgehead atoms. The fourth-order valence-electron chi connectivity index (χ4n) is 3.09. The number of sulfonamides is 1. The maximum Gasteiger partial charge on any atom is 0.331 e. The van der Waals surface area contributed by atoms with E-state index in [9.17, 15) is 18.0 Å². The van der Waals surface area contributed by atoms with Gasteiger partial charge in [-0.05, 0) is 61.2 Å². The normalized spacial score (nSPS) is 14.9. The molecule has 3 rings (SSSR count). The predicted molar refractivity (Wildman–Crippen MR) is 110 cm³/mol. The summed E-state index contributed by atoms with van der Waals surface area (Å²) in [7, 11) is -3.52. The van der Waals surface area contributed by atoms with Crippen molar-refractivity contribution in [3.8, 4) is 0 Å². The van der Waals surface area contributed by atoms with E-state index in [-0.39, 0.29) is 4.90 Å². The Labute approximate surface area is 170 Å². The number of ether oxygens (including phenoxy) is 1. The van der Waals surface area contributed by atoms with Crippen molar-refractivity contribution in [1.82, 2.24) is 4.31 Å². The summed E-state index contributed by atoms with van der Waals surface area (Å²) in [6.07, 6.45) is 4.64. The van der Waals surface area contributed by atoms with E-state index in [0.29, 0.717) is 18.7 Å². The van der Waals surface area contributed by atoms with Crippen molar-refractivity contribution in [2.75, 3.05) is 19.7 Å². The lowest BCUT2D eigenvalue weighted by Crippen LogP contribution is -2.27. The van der Waals surface area contributed by atoms with Crippen LogP contribution in [0.1, 0.15) is 34.3 Å². The Morgan fingerprint density at radius 2 is 1.69 bits per heavy atom. The average Bonchev–Trinajstić information content (AvgIpc) is 3.27. The van der Waals surface area contributed by atoms with E-state index < -0.39 is 28.4 Å². The summed E-state index contributed by atoms with van der Waals surface area (Å²) in [6, 6.07) is 13.3. The Kier molecular flexibility index (Phi) is 6.61. The van der Waals surface area contributed by atoms with Gasteiger partial charge >= 0.3 is 5.97 Å². The van der Waals surface area contributed by atoms with Crippen LogP contribution in [0.2, 0.25) is 0 Å². The molecule has 1 aliphatic rings. The number of esters is 1. The van der Waals surface area contributed by atoms with Gasteiger partial charge in [0.1, 0.15) is 0 Å². The largest absolute Gasteiger partial charge is 0.454 e. The van der Waals surface area contributed by atoms with Crippen LogP contribution in [-0.2, 0) is 19.6 Å². The number of Topliss-reactive ketones (excluding diaryl/α,β-unsaturated/α-hetero) is 1. The van der Waals surface area contributed by atoms with E-state index in [0.717, 1.165) is 24.0 Å². The van der Waals surface area contributed by atoms with Gasteiger partial charge < -0.3 is 4.74 Å². The third-order valence-corrected chi connectivity index (χ3v) is 6.72. The third kappa shape index (κ3) is 5.19. The summed E-state index contributed by atoms with van der Waals surface area (Å²) in [5, 5.41) is 0. The number of carbonyl (C=O) groups excluding carboxylic acids is 2. The van der Waals surface area contributed by atoms with Crippen LogP contribution >= 0.6 is 0 Å². The molecule has 1 heterocycles. The highest BCUT2D eigenvalue weighted by molar-refractivity contribution is 7.89. The SMILES string of the molecule is Cc1ccccc1/C=C/C(=O)OCC(=O)c1ccc(S(=O)(=O)N2CCCC2)cc1. The molecule has 1 fully saturated rings. The van der Waals surface area contributed by atoms with Gasteiger partial charge in [-0.15, -0.1) is 0 Å². The summed E-state index contributed by atoms with van der Waals surface area (Å²) in [4.78, 5) is 24.2. The van der Waals surface area contributed by atoms with Crippen LogP contribution in [0.5, 0.6) is 0 Å². The van der Waals surface area contributed by atoms with Crippen LogP contribution in [0.4, 0.5) is 0 Å². The van der Waals surface area contributed by atoms with Crippen molar-refractivity contribution in [1.29, 1.82) is 0 Å². The molecule has 0 N–H and O–H groups in total. The lowest BCUT2D eigenvalue weighted by molar-refractivity contribution is -0.136. The lowest BCUT2D eigenvalue weighted by atomic mass is 10.1. The van der Waals surface area contributed by atoms with Crippen LogP contribution in [0.3, 0.4) is 0 Å². The van der Waals surface area contributed by atoms with E-state index >= 15 is 0 Å². The molecule has 2 aromatic carbocycles. The maximum absolute atomic E-state index is 12.5. The molecule has 6 nitrogen and oxygen atoms in total. The summed E-state index contributed by atoms with van der Waals surface area (Å²) in [5.74, 6) is -1.01. The van der Waals surface area contributed by atoms with Gasteiger partial charge in [-0.3, -0.25) is 4.79 Å². The standard InChI is InChI=1S/C22H23NO5S/c1-17-6-2-3-7-18(17)10-13-22(25)28-16-21(24)19-8-11-20(12-9-19)29(26,27)23-14-4-5-15-23/h2-3,6-13H,4-5,14-16H2,1H3/b13-10+. The minimum absolute atomic E-state index is 0.161. The van der Waals surface area contributed by atoms with Crippen molar-refractivity contribution in [2.24, 2.45) is 0 Å². The number of rotatable bonds is 7. The van der Waals surface area contributed by atoms with Gasteiger partial charge in [0.2, 0.25) is 10.0 Å². The molecule has 0 radical (unpaired) electrons. The van der Waals surface area contributed by atoms with Gasteiger partial charge in [0, 0.05) is 24.7 Å². The number of aryl methyl sites for hydroxylation is 1. The molecule has 0 atom stereocenters. The van der Waals surface area contributed by atoms with Crippen LogP contribution in [0, 0.1) is 6.92 Å². The number of benzene rings is 2. The van der Waals surface area contributed by atoms with Gasteiger partial charge in [0.25, 0.3) is 0 Å². The fraction of sp³-hybridized carbons (Fsp3) is 0.273. The highest BCUT2D eigenvalue weighted by atomic mass is 32.2. The molecule has 29 heavy (non-hydrogen) atoms. The van der Waals surface area contributed by atoms with Crippen molar-refractivity contribution in [3.63, 3.8) is 0 Å². The molecule has 152 valence electrons. The summed E-state index contributed by atoms with van der Waals surface area (Å²) in [5.41, 5.74) is 2.21. The molecular formula is C22H23NO5S. The first-order chi connectivity index (χ1) is 13.9. The molecule has 0 unspecified atom stereocenters. The van der Waals surface area contributed by atoms with Crippen molar-refractivity contribution >= 4 is 27.9 Å². The van der Waals surface area contributed by atoms with Gasteiger partial charge in [-0.25, -0.2) is 13.2 Å². The summed E-state index contributed by atoms with van der Waals surface area (Å²) >= 11 is 0. The molecular weight excluding hydrogens is 390 g/mol. The van der Waals surface area contributed by atoms with Gasteiger partial charge in [-0.1, -0.05) is 24.3 Å². The quantitative estimate of drug-likeness (QED) is 0.396. The molecule has 0 saturated carbocycles. The third-order valence-electron chi connectivity index (χ3n) is 4.81. The van der Waals surface area contributed by atoms with Crippen LogP contribution in [0.15, 0.2) is 59.5 Å².